The fraction of sp³-hybridized carbons (Fsp3) is 0.909. The van der Waals surface area contributed by atoms with Gasteiger partial charge in [0.1, 0.15) is 5.84 Å². The van der Waals surface area contributed by atoms with E-state index in [2.05, 4.69) is 24.0 Å². The Balaban J connectivity index is 3.60. The van der Waals surface area contributed by atoms with Crippen molar-refractivity contribution in [3.8, 4) is 0 Å². The minimum Gasteiger partial charge on any atom is -0.409 e. The Hall–Kier alpha value is -0.770. The number of amidine groups is 1. The SMILES string of the molecule is CCCCCCN(C)CC(C)C(N)=NO. The van der Waals surface area contributed by atoms with Gasteiger partial charge in [-0.25, -0.2) is 0 Å². The minimum absolute atomic E-state index is 0.117. The van der Waals surface area contributed by atoms with E-state index in [1.807, 2.05) is 6.92 Å². The Morgan fingerprint density at radius 3 is 2.60 bits per heavy atom. The van der Waals surface area contributed by atoms with Crippen LogP contribution in [0.15, 0.2) is 5.16 Å². The van der Waals surface area contributed by atoms with Gasteiger partial charge >= 0.3 is 0 Å². The molecule has 15 heavy (non-hydrogen) atoms. The fourth-order valence-corrected chi connectivity index (χ4v) is 1.56. The Morgan fingerprint density at radius 2 is 2.07 bits per heavy atom. The molecule has 3 N–H and O–H groups in total. The minimum atomic E-state index is 0.117. The number of hydrogen-bond donors (Lipinski definition) is 2. The average molecular weight is 215 g/mol. The summed E-state index contributed by atoms with van der Waals surface area (Å²) in [6.07, 6.45) is 5.10. The molecular formula is C11H25N3O. The highest BCUT2D eigenvalue weighted by molar-refractivity contribution is 5.82. The van der Waals surface area contributed by atoms with Gasteiger partial charge in [0.15, 0.2) is 0 Å². The largest absolute Gasteiger partial charge is 0.409 e. The summed E-state index contributed by atoms with van der Waals surface area (Å²) < 4.78 is 0. The lowest BCUT2D eigenvalue weighted by molar-refractivity contribution is 0.290. The molecule has 0 aromatic heterocycles. The highest BCUT2D eigenvalue weighted by atomic mass is 16.4. The lowest BCUT2D eigenvalue weighted by Crippen LogP contribution is -2.33. The van der Waals surface area contributed by atoms with Gasteiger partial charge in [0.25, 0.3) is 0 Å². The van der Waals surface area contributed by atoms with Crippen molar-refractivity contribution in [2.45, 2.75) is 39.5 Å². The van der Waals surface area contributed by atoms with Gasteiger partial charge in [0, 0.05) is 12.5 Å². The van der Waals surface area contributed by atoms with Crippen LogP contribution in [0.4, 0.5) is 0 Å². The summed E-state index contributed by atoms with van der Waals surface area (Å²) >= 11 is 0. The normalized spacial score (nSPS) is 14.5. The van der Waals surface area contributed by atoms with Gasteiger partial charge in [-0.2, -0.15) is 0 Å². The van der Waals surface area contributed by atoms with Crippen molar-refractivity contribution in [1.82, 2.24) is 4.90 Å². The molecule has 0 saturated heterocycles. The van der Waals surface area contributed by atoms with Crippen LogP contribution in [0.3, 0.4) is 0 Å². The maximum absolute atomic E-state index is 8.51. The van der Waals surface area contributed by atoms with E-state index in [1.54, 1.807) is 0 Å². The van der Waals surface area contributed by atoms with Crippen molar-refractivity contribution >= 4 is 5.84 Å². The summed E-state index contributed by atoms with van der Waals surface area (Å²) in [5.74, 6) is 0.432. The molecule has 0 fully saturated rings. The zero-order valence-electron chi connectivity index (χ0n) is 10.2. The van der Waals surface area contributed by atoms with Crippen molar-refractivity contribution in [3.63, 3.8) is 0 Å². The summed E-state index contributed by atoms with van der Waals surface area (Å²) in [4.78, 5) is 2.23. The molecule has 1 unspecified atom stereocenters. The van der Waals surface area contributed by atoms with E-state index in [0.29, 0.717) is 5.84 Å². The second-order valence-electron chi connectivity index (χ2n) is 4.25. The standard InChI is InChI=1S/C11H25N3O/c1-4-5-6-7-8-14(3)9-10(2)11(12)13-15/h10,15H,4-9H2,1-3H3,(H2,12,13). The van der Waals surface area contributed by atoms with Crippen molar-refractivity contribution in [2.75, 3.05) is 20.1 Å². The number of rotatable bonds is 8. The average Bonchev–Trinajstić information content (AvgIpc) is 2.23. The predicted octanol–water partition coefficient (Wildman–Crippen LogP) is 1.88. The predicted molar refractivity (Wildman–Crippen MR) is 64.2 cm³/mol. The van der Waals surface area contributed by atoms with Crippen molar-refractivity contribution in [3.05, 3.63) is 0 Å². The smallest absolute Gasteiger partial charge is 0.143 e. The molecule has 1 atom stereocenters. The molecule has 0 aliphatic carbocycles. The van der Waals surface area contributed by atoms with Crippen LogP contribution in [-0.2, 0) is 0 Å². The van der Waals surface area contributed by atoms with Crippen LogP contribution in [0.5, 0.6) is 0 Å². The molecule has 0 heterocycles. The lowest BCUT2D eigenvalue weighted by atomic mass is 10.1. The van der Waals surface area contributed by atoms with Gasteiger partial charge in [-0.1, -0.05) is 38.3 Å². The van der Waals surface area contributed by atoms with Crippen LogP contribution in [0.25, 0.3) is 0 Å². The van der Waals surface area contributed by atoms with Crippen LogP contribution in [0.1, 0.15) is 39.5 Å². The van der Waals surface area contributed by atoms with Gasteiger partial charge in [-0.15, -0.1) is 0 Å². The first-order valence-electron chi connectivity index (χ1n) is 5.77. The first-order chi connectivity index (χ1) is 7.11. The van der Waals surface area contributed by atoms with Gasteiger partial charge < -0.3 is 15.8 Å². The Bertz CT molecular complexity index is 183. The number of hydrogen-bond acceptors (Lipinski definition) is 3. The zero-order valence-corrected chi connectivity index (χ0v) is 10.2. The maximum Gasteiger partial charge on any atom is 0.143 e. The van der Waals surface area contributed by atoms with Gasteiger partial charge in [-0.05, 0) is 20.0 Å². The van der Waals surface area contributed by atoms with E-state index in [9.17, 15) is 0 Å². The van der Waals surface area contributed by atoms with Crippen LogP contribution < -0.4 is 5.73 Å². The highest BCUT2D eigenvalue weighted by Gasteiger charge is 2.10. The Morgan fingerprint density at radius 1 is 1.40 bits per heavy atom. The van der Waals surface area contributed by atoms with Gasteiger partial charge in [-0.3, -0.25) is 0 Å². The van der Waals surface area contributed by atoms with Crippen LogP contribution in [-0.4, -0.2) is 36.1 Å². The Kier molecular flexibility index (Phi) is 8.09. The monoisotopic (exact) mass is 215 g/mol. The van der Waals surface area contributed by atoms with E-state index in [4.69, 9.17) is 10.9 Å². The second kappa shape index (κ2) is 8.53. The number of oxime groups is 1. The molecule has 90 valence electrons. The van der Waals surface area contributed by atoms with Crippen LogP contribution in [0.2, 0.25) is 0 Å². The molecule has 4 heteroatoms. The van der Waals surface area contributed by atoms with Crippen LogP contribution in [0, 0.1) is 5.92 Å². The third-order valence-corrected chi connectivity index (χ3v) is 2.60. The molecular weight excluding hydrogens is 190 g/mol. The van der Waals surface area contributed by atoms with Gasteiger partial charge in [0.2, 0.25) is 0 Å². The van der Waals surface area contributed by atoms with E-state index in [1.165, 1.54) is 25.7 Å². The summed E-state index contributed by atoms with van der Waals surface area (Å²) in [6.45, 7) is 6.12. The topological polar surface area (TPSA) is 61.8 Å². The van der Waals surface area contributed by atoms with Crippen LogP contribution >= 0.6 is 0 Å². The molecule has 0 rings (SSSR count). The summed E-state index contributed by atoms with van der Waals surface area (Å²) in [5.41, 5.74) is 5.51. The third kappa shape index (κ3) is 7.19. The first-order valence-corrected chi connectivity index (χ1v) is 5.77. The summed E-state index contributed by atoms with van der Waals surface area (Å²) in [6, 6.07) is 0. The quantitative estimate of drug-likeness (QED) is 0.214. The molecule has 0 aliphatic heterocycles. The highest BCUT2D eigenvalue weighted by Crippen LogP contribution is 2.03. The fourth-order valence-electron chi connectivity index (χ4n) is 1.56. The Labute approximate surface area is 93.1 Å². The molecule has 0 spiro atoms. The molecule has 0 bridgehead atoms. The maximum atomic E-state index is 8.51. The van der Waals surface area contributed by atoms with E-state index in [-0.39, 0.29) is 5.92 Å². The first kappa shape index (κ1) is 14.2. The van der Waals surface area contributed by atoms with Crippen molar-refractivity contribution < 1.29 is 5.21 Å². The van der Waals surface area contributed by atoms with Gasteiger partial charge in [0.05, 0.1) is 0 Å². The zero-order chi connectivity index (χ0) is 11.7. The molecule has 0 aromatic carbocycles. The van der Waals surface area contributed by atoms with E-state index in [0.717, 1.165) is 13.1 Å². The lowest BCUT2D eigenvalue weighted by Gasteiger charge is -2.20. The van der Waals surface area contributed by atoms with Crippen molar-refractivity contribution in [2.24, 2.45) is 16.8 Å². The third-order valence-electron chi connectivity index (χ3n) is 2.60. The number of nitrogens with two attached hydrogens (primary N) is 1. The summed E-state index contributed by atoms with van der Waals surface area (Å²) in [5, 5.41) is 11.5. The second-order valence-corrected chi connectivity index (χ2v) is 4.25. The molecule has 4 nitrogen and oxygen atoms in total. The molecule has 0 aliphatic rings. The van der Waals surface area contributed by atoms with E-state index >= 15 is 0 Å². The number of nitrogens with zero attached hydrogens (tertiary/aromatic N) is 2. The molecule has 0 radical (unpaired) electrons. The number of unbranched alkanes of at least 4 members (excludes halogenated alkanes) is 3. The van der Waals surface area contributed by atoms with Crippen molar-refractivity contribution in [1.29, 1.82) is 0 Å². The molecule has 0 saturated carbocycles. The molecule has 0 aromatic rings. The molecule has 0 amide bonds. The summed E-state index contributed by atoms with van der Waals surface area (Å²) in [7, 11) is 2.08. The van der Waals surface area contributed by atoms with E-state index < -0.39 is 0 Å².